The number of rotatable bonds is 4. The van der Waals surface area contributed by atoms with E-state index in [9.17, 15) is 0 Å². The smallest absolute Gasteiger partial charge is 0.0940 e. The molecule has 0 radical (unpaired) electrons. The summed E-state index contributed by atoms with van der Waals surface area (Å²) >= 11 is 0. The molecular formula is C18H17N3. The maximum Gasteiger partial charge on any atom is 0.0940 e. The number of nitrogens with zero attached hydrogens (tertiary/aromatic N) is 1. The van der Waals surface area contributed by atoms with E-state index in [0.29, 0.717) is 0 Å². The number of fused-ring (bicyclic) bond motifs is 1. The monoisotopic (exact) mass is 275 g/mol. The molecule has 3 rings (SSSR count). The van der Waals surface area contributed by atoms with Crippen molar-refractivity contribution in [3.63, 3.8) is 0 Å². The lowest BCUT2D eigenvalue weighted by atomic mass is 10.1. The zero-order chi connectivity index (χ0) is 14.7. The zero-order valence-electron chi connectivity index (χ0n) is 11.7. The molecule has 0 aliphatic heterocycles. The van der Waals surface area contributed by atoms with Crippen molar-refractivity contribution in [1.29, 1.82) is 0 Å². The first-order chi connectivity index (χ1) is 10.3. The largest absolute Gasteiger partial charge is 0.354 e. The van der Waals surface area contributed by atoms with Gasteiger partial charge in [-0.25, -0.2) is 4.98 Å². The minimum atomic E-state index is -0.251. The fourth-order valence-electron chi connectivity index (χ4n) is 2.25. The lowest BCUT2D eigenvalue weighted by molar-refractivity contribution is 0.873. The third-order valence-electron chi connectivity index (χ3n) is 3.39. The highest BCUT2D eigenvalue weighted by Gasteiger charge is 2.07. The van der Waals surface area contributed by atoms with Gasteiger partial charge < -0.3 is 11.1 Å². The van der Waals surface area contributed by atoms with Crippen LogP contribution in [0.4, 0.5) is 11.4 Å². The molecule has 3 heteroatoms. The van der Waals surface area contributed by atoms with Gasteiger partial charge in [0, 0.05) is 11.1 Å². The second-order valence-electron chi connectivity index (χ2n) is 4.87. The molecule has 1 unspecified atom stereocenters. The van der Waals surface area contributed by atoms with Crippen molar-refractivity contribution in [1.82, 2.24) is 4.98 Å². The van der Waals surface area contributed by atoms with E-state index in [2.05, 4.69) is 16.9 Å². The third-order valence-corrected chi connectivity index (χ3v) is 3.39. The number of hydrogen-bond acceptors (Lipinski definition) is 3. The van der Waals surface area contributed by atoms with Crippen LogP contribution in [0.2, 0.25) is 0 Å². The summed E-state index contributed by atoms with van der Waals surface area (Å²) in [6, 6.07) is 19.9. The van der Waals surface area contributed by atoms with Gasteiger partial charge in [-0.1, -0.05) is 42.5 Å². The number of pyridine rings is 1. The van der Waals surface area contributed by atoms with Gasteiger partial charge in [-0.2, -0.15) is 0 Å². The molecule has 0 fully saturated rings. The number of nitrogens with two attached hydrogens (primary N) is 1. The lowest BCUT2D eigenvalue weighted by Crippen LogP contribution is -2.08. The van der Waals surface area contributed by atoms with Crippen molar-refractivity contribution >= 4 is 22.3 Å². The van der Waals surface area contributed by atoms with Crippen LogP contribution in [0.5, 0.6) is 0 Å². The Bertz CT molecular complexity index is 766. The van der Waals surface area contributed by atoms with Gasteiger partial charge >= 0.3 is 0 Å². The molecule has 21 heavy (non-hydrogen) atoms. The number of hydrogen-bond donors (Lipinski definition) is 2. The minimum Gasteiger partial charge on any atom is -0.354 e. The summed E-state index contributed by atoms with van der Waals surface area (Å²) in [5.74, 6) is 0. The van der Waals surface area contributed by atoms with E-state index in [-0.39, 0.29) is 6.04 Å². The van der Waals surface area contributed by atoms with Gasteiger partial charge in [0.1, 0.15) is 0 Å². The summed E-state index contributed by atoms with van der Waals surface area (Å²) in [5.41, 5.74) is 9.72. The molecular weight excluding hydrogens is 258 g/mol. The van der Waals surface area contributed by atoms with Crippen LogP contribution in [-0.4, -0.2) is 4.98 Å². The van der Waals surface area contributed by atoms with Crippen molar-refractivity contribution in [3.8, 4) is 0 Å². The van der Waals surface area contributed by atoms with Crippen molar-refractivity contribution in [2.24, 2.45) is 5.73 Å². The minimum absolute atomic E-state index is 0.251. The molecule has 0 saturated carbocycles. The van der Waals surface area contributed by atoms with Gasteiger partial charge in [-0.05, 0) is 24.3 Å². The summed E-state index contributed by atoms with van der Waals surface area (Å²) in [5, 5.41) is 4.48. The van der Waals surface area contributed by atoms with Gasteiger partial charge in [-0.15, -0.1) is 6.58 Å². The SMILES string of the molecule is C=CC(N)c1ccc2cccc(Nc3ccccc3)c2n1. The van der Waals surface area contributed by atoms with E-state index >= 15 is 0 Å². The highest BCUT2D eigenvalue weighted by molar-refractivity contribution is 5.92. The topological polar surface area (TPSA) is 50.9 Å². The summed E-state index contributed by atoms with van der Waals surface area (Å²) in [4.78, 5) is 4.68. The predicted octanol–water partition coefficient (Wildman–Crippen LogP) is 4.16. The van der Waals surface area contributed by atoms with E-state index in [0.717, 1.165) is 28.0 Å². The molecule has 0 aliphatic carbocycles. The van der Waals surface area contributed by atoms with Crippen LogP contribution in [-0.2, 0) is 0 Å². The molecule has 0 bridgehead atoms. The molecule has 3 N–H and O–H groups in total. The fourth-order valence-corrected chi connectivity index (χ4v) is 2.25. The normalized spacial score (nSPS) is 12.0. The van der Waals surface area contributed by atoms with Gasteiger partial charge in [0.05, 0.1) is 22.9 Å². The highest BCUT2D eigenvalue weighted by atomic mass is 14.9. The number of nitrogens with one attached hydrogen (secondary N) is 1. The molecule has 1 aromatic heterocycles. The first-order valence-corrected chi connectivity index (χ1v) is 6.88. The summed E-state index contributed by atoms with van der Waals surface area (Å²) < 4.78 is 0. The second kappa shape index (κ2) is 5.77. The van der Waals surface area contributed by atoms with Gasteiger partial charge in [-0.3, -0.25) is 0 Å². The molecule has 0 spiro atoms. The second-order valence-corrected chi connectivity index (χ2v) is 4.87. The van der Waals surface area contributed by atoms with Crippen LogP contribution < -0.4 is 11.1 Å². The Morgan fingerprint density at radius 3 is 2.57 bits per heavy atom. The Kier molecular flexibility index (Phi) is 3.67. The van der Waals surface area contributed by atoms with Crippen molar-refractivity contribution < 1.29 is 0 Å². The zero-order valence-corrected chi connectivity index (χ0v) is 11.7. The van der Waals surface area contributed by atoms with Crippen LogP contribution in [0.25, 0.3) is 10.9 Å². The molecule has 1 atom stereocenters. The number of para-hydroxylation sites is 2. The standard InChI is InChI=1S/C18H17N3/c1-2-15(19)16-12-11-13-7-6-10-17(18(13)21-16)20-14-8-4-3-5-9-14/h2-12,15,20H,1,19H2. The Morgan fingerprint density at radius 1 is 1.00 bits per heavy atom. The molecule has 0 aliphatic rings. The van der Waals surface area contributed by atoms with Crippen molar-refractivity contribution in [3.05, 3.63) is 79.0 Å². The third kappa shape index (κ3) is 2.78. The van der Waals surface area contributed by atoms with Crippen LogP contribution in [0, 0.1) is 0 Å². The quantitative estimate of drug-likeness (QED) is 0.703. The maximum atomic E-state index is 5.99. The Hall–Kier alpha value is -2.65. The Morgan fingerprint density at radius 2 is 1.81 bits per heavy atom. The lowest BCUT2D eigenvalue weighted by Gasteiger charge is -2.12. The molecule has 1 heterocycles. The van der Waals surface area contributed by atoms with E-state index in [1.807, 2.05) is 60.7 Å². The molecule has 104 valence electrons. The Labute approximate surface area is 124 Å². The average Bonchev–Trinajstić information content (AvgIpc) is 2.55. The Balaban J connectivity index is 2.07. The molecule has 0 amide bonds. The van der Waals surface area contributed by atoms with Crippen LogP contribution in [0.3, 0.4) is 0 Å². The van der Waals surface area contributed by atoms with Crippen molar-refractivity contribution in [2.45, 2.75) is 6.04 Å². The molecule has 3 aromatic rings. The highest BCUT2D eigenvalue weighted by Crippen LogP contribution is 2.26. The summed E-state index contributed by atoms with van der Waals surface area (Å²) in [6.07, 6.45) is 1.70. The first kappa shape index (κ1) is 13.3. The average molecular weight is 275 g/mol. The van der Waals surface area contributed by atoms with Gasteiger partial charge in [0.25, 0.3) is 0 Å². The fraction of sp³-hybridized carbons (Fsp3) is 0.0556. The van der Waals surface area contributed by atoms with Gasteiger partial charge in [0.15, 0.2) is 0 Å². The summed E-state index contributed by atoms with van der Waals surface area (Å²) in [6.45, 7) is 3.73. The summed E-state index contributed by atoms with van der Waals surface area (Å²) in [7, 11) is 0. The van der Waals surface area contributed by atoms with E-state index in [4.69, 9.17) is 5.73 Å². The van der Waals surface area contributed by atoms with E-state index in [1.54, 1.807) is 6.08 Å². The number of benzene rings is 2. The predicted molar refractivity (Wildman–Crippen MR) is 88.6 cm³/mol. The van der Waals surface area contributed by atoms with E-state index < -0.39 is 0 Å². The van der Waals surface area contributed by atoms with E-state index in [1.165, 1.54) is 0 Å². The number of anilines is 2. The van der Waals surface area contributed by atoms with Gasteiger partial charge in [0.2, 0.25) is 0 Å². The first-order valence-electron chi connectivity index (χ1n) is 6.88. The molecule has 3 nitrogen and oxygen atoms in total. The van der Waals surface area contributed by atoms with Crippen molar-refractivity contribution in [2.75, 3.05) is 5.32 Å². The molecule has 0 saturated heterocycles. The van der Waals surface area contributed by atoms with Crippen LogP contribution in [0.1, 0.15) is 11.7 Å². The van der Waals surface area contributed by atoms with Crippen LogP contribution >= 0.6 is 0 Å². The number of aromatic nitrogens is 1. The van der Waals surface area contributed by atoms with Crippen LogP contribution in [0.15, 0.2) is 73.3 Å². The maximum absolute atomic E-state index is 5.99. The molecule has 2 aromatic carbocycles.